The molecule has 0 fully saturated rings. The maximum atomic E-state index is 12.5. The highest BCUT2D eigenvalue weighted by molar-refractivity contribution is 5.79. The second-order valence-electron chi connectivity index (χ2n) is 2.87. The highest BCUT2D eigenvalue weighted by atomic mass is 19.1. The van der Waals surface area contributed by atoms with Crippen LogP contribution >= 0.6 is 0 Å². The van der Waals surface area contributed by atoms with Crippen LogP contribution in [-0.4, -0.2) is 25.1 Å². The van der Waals surface area contributed by atoms with E-state index in [1.807, 2.05) is 0 Å². The summed E-state index contributed by atoms with van der Waals surface area (Å²) in [6.07, 6.45) is 0. The number of benzene rings is 1. The van der Waals surface area contributed by atoms with E-state index in [9.17, 15) is 14.0 Å². The van der Waals surface area contributed by atoms with Crippen LogP contribution < -0.4 is 10.5 Å². The normalized spacial score (nSPS) is 9.56. The molecule has 1 aromatic carbocycles. The molecule has 0 heterocycles. The number of hydrogen-bond acceptors (Lipinski definition) is 4. The van der Waals surface area contributed by atoms with Crippen LogP contribution in [-0.2, 0) is 14.3 Å². The van der Waals surface area contributed by atoms with Crippen molar-refractivity contribution in [3.8, 4) is 5.75 Å². The van der Waals surface area contributed by atoms with Crippen molar-refractivity contribution < 1.29 is 23.5 Å². The second kappa shape index (κ2) is 5.69. The Morgan fingerprint density at radius 3 is 2.38 bits per heavy atom. The molecule has 1 amide bonds. The van der Waals surface area contributed by atoms with Crippen molar-refractivity contribution in [3.05, 3.63) is 30.1 Å². The van der Waals surface area contributed by atoms with E-state index < -0.39 is 24.3 Å². The monoisotopic (exact) mass is 227 g/mol. The van der Waals surface area contributed by atoms with Gasteiger partial charge >= 0.3 is 5.97 Å². The van der Waals surface area contributed by atoms with E-state index in [4.69, 9.17) is 10.5 Å². The van der Waals surface area contributed by atoms with Crippen LogP contribution in [0.2, 0.25) is 0 Å². The van der Waals surface area contributed by atoms with Gasteiger partial charge in [-0.3, -0.25) is 4.79 Å². The van der Waals surface area contributed by atoms with Gasteiger partial charge in [-0.2, -0.15) is 0 Å². The van der Waals surface area contributed by atoms with E-state index >= 15 is 0 Å². The lowest BCUT2D eigenvalue weighted by atomic mass is 10.3. The zero-order valence-corrected chi connectivity index (χ0v) is 8.31. The Morgan fingerprint density at radius 2 is 1.81 bits per heavy atom. The van der Waals surface area contributed by atoms with E-state index in [1.165, 1.54) is 24.3 Å². The average molecular weight is 227 g/mol. The van der Waals surface area contributed by atoms with Crippen molar-refractivity contribution in [3.63, 3.8) is 0 Å². The smallest absolute Gasteiger partial charge is 0.344 e. The lowest BCUT2D eigenvalue weighted by Crippen LogP contribution is -2.23. The molecule has 0 saturated heterocycles. The zero-order valence-electron chi connectivity index (χ0n) is 8.31. The van der Waals surface area contributed by atoms with Gasteiger partial charge in [0.15, 0.2) is 13.2 Å². The highest BCUT2D eigenvalue weighted by Crippen LogP contribution is 2.10. The van der Waals surface area contributed by atoms with Gasteiger partial charge in [-0.1, -0.05) is 0 Å². The molecule has 1 rings (SSSR count). The number of esters is 1. The Bertz CT molecular complexity index is 377. The summed E-state index contributed by atoms with van der Waals surface area (Å²) < 4.78 is 21.9. The minimum Gasteiger partial charge on any atom is -0.482 e. The summed E-state index contributed by atoms with van der Waals surface area (Å²) >= 11 is 0. The van der Waals surface area contributed by atoms with Crippen molar-refractivity contribution in [2.75, 3.05) is 13.2 Å². The fraction of sp³-hybridized carbons (Fsp3) is 0.200. The third-order valence-electron chi connectivity index (χ3n) is 1.55. The van der Waals surface area contributed by atoms with Crippen molar-refractivity contribution >= 4 is 11.9 Å². The summed E-state index contributed by atoms with van der Waals surface area (Å²) in [5.74, 6) is -1.53. The maximum absolute atomic E-state index is 12.5. The Labute approximate surface area is 90.9 Å². The molecular weight excluding hydrogens is 217 g/mol. The van der Waals surface area contributed by atoms with Gasteiger partial charge in [0.1, 0.15) is 11.6 Å². The first kappa shape index (κ1) is 12.0. The number of hydrogen-bond donors (Lipinski definition) is 1. The summed E-state index contributed by atoms with van der Waals surface area (Å²) in [6.45, 7) is -0.843. The standard InChI is InChI=1S/C10H10FNO4/c11-7-1-3-8(4-2-7)15-6-10(14)16-5-9(12)13/h1-4H,5-6H2,(H2,12,13). The number of primary amides is 1. The Hall–Kier alpha value is -2.11. The molecule has 0 unspecified atom stereocenters. The molecule has 6 heteroatoms. The highest BCUT2D eigenvalue weighted by Gasteiger charge is 2.05. The Kier molecular flexibility index (Phi) is 4.26. The lowest BCUT2D eigenvalue weighted by Gasteiger charge is -2.05. The molecule has 0 saturated carbocycles. The number of ether oxygens (including phenoxy) is 2. The Morgan fingerprint density at radius 1 is 1.19 bits per heavy atom. The molecule has 0 aliphatic heterocycles. The number of rotatable bonds is 5. The second-order valence-corrected chi connectivity index (χ2v) is 2.87. The quantitative estimate of drug-likeness (QED) is 0.730. The largest absolute Gasteiger partial charge is 0.482 e. The molecule has 5 nitrogen and oxygen atoms in total. The summed E-state index contributed by atoms with van der Waals surface area (Å²) in [7, 11) is 0. The van der Waals surface area contributed by atoms with Gasteiger partial charge in [-0.25, -0.2) is 9.18 Å². The molecule has 0 atom stereocenters. The Balaban J connectivity index is 2.31. The van der Waals surface area contributed by atoms with E-state index in [0.29, 0.717) is 5.75 Å². The molecular formula is C10H10FNO4. The zero-order chi connectivity index (χ0) is 12.0. The van der Waals surface area contributed by atoms with Crippen LogP contribution in [0.4, 0.5) is 4.39 Å². The molecule has 1 aromatic rings. The van der Waals surface area contributed by atoms with E-state index in [2.05, 4.69) is 4.74 Å². The van der Waals surface area contributed by atoms with Gasteiger partial charge in [0.25, 0.3) is 5.91 Å². The van der Waals surface area contributed by atoms with Gasteiger partial charge in [-0.15, -0.1) is 0 Å². The fourth-order valence-electron chi connectivity index (χ4n) is 0.866. The SMILES string of the molecule is NC(=O)COC(=O)COc1ccc(F)cc1. The minimum atomic E-state index is -0.741. The number of nitrogens with two attached hydrogens (primary N) is 1. The first-order valence-electron chi connectivity index (χ1n) is 4.40. The third-order valence-corrected chi connectivity index (χ3v) is 1.55. The van der Waals surface area contributed by atoms with Crippen LogP contribution in [0, 0.1) is 5.82 Å². The topological polar surface area (TPSA) is 78.6 Å². The predicted molar refractivity (Wildman–Crippen MR) is 52.0 cm³/mol. The van der Waals surface area contributed by atoms with Gasteiger partial charge in [0.05, 0.1) is 0 Å². The molecule has 0 aliphatic rings. The average Bonchev–Trinajstić information content (AvgIpc) is 2.25. The summed E-state index contributed by atoms with van der Waals surface area (Å²) in [6, 6.07) is 5.14. The molecule has 0 aliphatic carbocycles. The molecule has 86 valence electrons. The minimum absolute atomic E-state index is 0.331. The molecule has 2 N–H and O–H groups in total. The van der Waals surface area contributed by atoms with E-state index in [1.54, 1.807) is 0 Å². The van der Waals surface area contributed by atoms with Gasteiger partial charge in [0, 0.05) is 0 Å². The molecule has 0 bridgehead atoms. The number of carbonyl (C=O) groups is 2. The van der Waals surface area contributed by atoms with Crippen LogP contribution in [0.25, 0.3) is 0 Å². The van der Waals surface area contributed by atoms with E-state index in [0.717, 1.165) is 0 Å². The first-order chi connectivity index (χ1) is 7.58. The van der Waals surface area contributed by atoms with E-state index in [-0.39, 0.29) is 6.61 Å². The van der Waals surface area contributed by atoms with Crippen molar-refractivity contribution in [2.24, 2.45) is 5.73 Å². The van der Waals surface area contributed by atoms with Crippen LogP contribution in [0.1, 0.15) is 0 Å². The number of carbonyl (C=O) groups excluding carboxylic acids is 2. The molecule has 0 spiro atoms. The molecule has 0 aromatic heterocycles. The first-order valence-corrected chi connectivity index (χ1v) is 4.40. The summed E-state index contributed by atoms with van der Waals surface area (Å²) in [5, 5.41) is 0. The van der Waals surface area contributed by atoms with Crippen molar-refractivity contribution in [1.82, 2.24) is 0 Å². The number of amides is 1. The van der Waals surface area contributed by atoms with Crippen LogP contribution in [0.15, 0.2) is 24.3 Å². The fourth-order valence-corrected chi connectivity index (χ4v) is 0.866. The van der Waals surface area contributed by atoms with Crippen molar-refractivity contribution in [1.29, 1.82) is 0 Å². The van der Waals surface area contributed by atoms with Crippen molar-refractivity contribution in [2.45, 2.75) is 0 Å². The molecule has 0 radical (unpaired) electrons. The third kappa shape index (κ3) is 4.41. The summed E-state index contributed by atoms with van der Waals surface area (Å²) in [5.41, 5.74) is 4.77. The van der Waals surface area contributed by atoms with Gasteiger partial charge in [0.2, 0.25) is 0 Å². The summed E-state index contributed by atoms with van der Waals surface area (Å²) in [4.78, 5) is 21.2. The lowest BCUT2D eigenvalue weighted by molar-refractivity contribution is -0.149. The van der Waals surface area contributed by atoms with Gasteiger partial charge < -0.3 is 15.2 Å². The number of halogens is 1. The maximum Gasteiger partial charge on any atom is 0.344 e. The van der Waals surface area contributed by atoms with Crippen LogP contribution in [0.5, 0.6) is 5.75 Å². The van der Waals surface area contributed by atoms with Gasteiger partial charge in [-0.05, 0) is 24.3 Å². The molecule has 16 heavy (non-hydrogen) atoms. The van der Waals surface area contributed by atoms with Crippen LogP contribution in [0.3, 0.4) is 0 Å². The predicted octanol–water partition coefficient (Wildman–Crippen LogP) is 0.233.